The van der Waals surface area contributed by atoms with E-state index in [4.69, 9.17) is 4.74 Å². The Morgan fingerprint density at radius 3 is 2.80 bits per heavy atom. The Morgan fingerprint density at radius 2 is 1.95 bits per heavy atom. The van der Waals surface area contributed by atoms with Gasteiger partial charge in [0, 0.05) is 0 Å². The predicted molar refractivity (Wildman–Crippen MR) is 82.5 cm³/mol. The van der Waals surface area contributed by atoms with E-state index in [1.165, 1.54) is 61.3 Å². The van der Waals surface area contributed by atoms with Crippen LogP contribution in [0.1, 0.15) is 30.4 Å². The molecule has 0 aromatic heterocycles. The number of unbranched alkanes of at least 4 members (excludes halogenated alkanes) is 1. The molecule has 1 aliphatic rings. The minimum atomic E-state index is 0.853. The smallest absolute Gasteiger partial charge is 0.126 e. The number of hydrogen-bond donors (Lipinski definition) is 2. The zero-order valence-corrected chi connectivity index (χ0v) is 13.1. The molecule has 0 amide bonds. The monoisotopic (exact) mass is 278 g/mol. The van der Waals surface area contributed by atoms with E-state index < -0.39 is 0 Å². The van der Waals surface area contributed by atoms with Crippen LogP contribution < -0.4 is 15.0 Å². The van der Waals surface area contributed by atoms with Crippen molar-refractivity contribution in [2.45, 2.75) is 32.1 Å². The van der Waals surface area contributed by atoms with Crippen molar-refractivity contribution in [3.8, 4) is 5.75 Å². The standard InChI is InChI=1S/C17H28N2O/c1-19(2)12-11-18-10-3-4-13-20-17-9-8-15-6-5-7-16(15)14-17/h8-9,14,18H,3-7,10-13H2,1-2H3/p+2. The molecule has 112 valence electrons. The van der Waals surface area contributed by atoms with Gasteiger partial charge in [0.2, 0.25) is 0 Å². The first-order valence-electron chi connectivity index (χ1n) is 8.11. The Hall–Kier alpha value is -1.06. The van der Waals surface area contributed by atoms with Gasteiger partial charge in [0.1, 0.15) is 18.8 Å². The fourth-order valence-electron chi connectivity index (χ4n) is 2.75. The quantitative estimate of drug-likeness (QED) is 0.614. The maximum absolute atomic E-state index is 5.86. The molecule has 0 heterocycles. The maximum Gasteiger partial charge on any atom is 0.126 e. The Bertz CT molecular complexity index is 404. The molecule has 0 radical (unpaired) electrons. The van der Waals surface area contributed by atoms with Crippen molar-refractivity contribution in [1.29, 1.82) is 0 Å². The largest absolute Gasteiger partial charge is 0.494 e. The molecule has 2 rings (SSSR count). The van der Waals surface area contributed by atoms with Crippen LogP contribution in [-0.4, -0.2) is 40.3 Å². The third kappa shape index (κ3) is 5.14. The number of fused-ring (bicyclic) bond motifs is 1. The van der Waals surface area contributed by atoms with Gasteiger partial charge in [-0.05, 0) is 55.4 Å². The van der Waals surface area contributed by atoms with E-state index in [1.54, 1.807) is 0 Å². The highest BCUT2D eigenvalue weighted by Crippen LogP contribution is 2.25. The molecule has 0 atom stereocenters. The number of rotatable bonds is 9. The Labute approximate surface area is 123 Å². The summed E-state index contributed by atoms with van der Waals surface area (Å²) in [6.45, 7) is 4.55. The van der Waals surface area contributed by atoms with Gasteiger partial charge in [-0.1, -0.05) is 6.07 Å². The molecule has 0 spiro atoms. The van der Waals surface area contributed by atoms with Crippen LogP contribution >= 0.6 is 0 Å². The Morgan fingerprint density at radius 1 is 1.10 bits per heavy atom. The van der Waals surface area contributed by atoms with E-state index in [2.05, 4.69) is 37.6 Å². The summed E-state index contributed by atoms with van der Waals surface area (Å²) < 4.78 is 5.86. The summed E-state index contributed by atoms with van der Waals surface area (Å²) in [6, 6.07) is 6.62. The summed E-state index contributed by atoms with van der Waals surface area (Å²) in [6.07, 6.45) is 6.19. The third-order valence-corrected chi connectivity index (χ3v) is 3.99. The van der Waals surface area contributed by atoms with Crippen LogP contribution in [0.15, 0.2) is 18.2 Å². The maximum atomic E-state index is 5.86. The summed E-state index contributed by atoms with van der Waals surface area (Å²) in [7, 11) is 4.41. The van der Waals surface area contributed by atoms with Crippen LogP contribution in [0.25, 0.3) is 0 Å². The van der Waals surface area contributed by atoms with Crippen LogP contribution in [0.5, 0.6) is 5.75 Å². The lowest BCUT2D eigenvalue weighted by Gasteiger charge is -2.08. The molecule has 20 heavy (non-hydrogen) atoms. The van der Waals surface area contributed by atoms with Gasteiger partial charge in [-0.15, -0.1) is 0 Å². The first-order chi connectivity index (χ1) is 9.75. The van der Waals surface area contributed by atoms with Gasteiger partial charge in [-0.2, -0.15) is 0 Å². The third-order valence-electron chi connectivity index (χ3n) is 3.99. The number of nitrogens with two attached hydrogens (primary N) is 1. The molecule has 3 nitrogen and oxygen atoms in total. The molecule has 0 saturated heterocycles. The predicted octanol–water partition coefficient (Wildman–Crippen LogP) is 0.0422. The van der Waals surface area contributed by atoms with Crippen LogP contribution in [0, 0.1) is 0 Å². The first kappa shape index (κ1) is 15.3. The molecule has 1 aliphatic carbocycles. The Kier molecular flexibility index (Phi) is 6.34. The molecule has 3 heteroatoms. The highest BCUT2D eigenvalue weighted by Gasteiger charge is 2.10. The molecule has 0 saturated carbocycles. The van der Waals surface area contributed by atoms with Crippen molar-refractivity contribution in [1.82, 2.24) is 0 Å². The molecular formula is C17H30N2O+2. The normalized spacial score (nSPS) is 13.8. The lowest BCUT2D eigenvalue weighted by atomic mass is 10.1. The second kappa shape index (κ2) is 8.28. The van der Waals surface area contributed by atoms with Crippen molar-refractivity contribution in [2.75, 3.05) is 40.3 Å². The number of aryl methyl sites for hydroxylation is 2. The average Bonchev–Trinajstić information content (AvgIpc) is 2.89. The number of nitrogens with one attached hydrogen (secondary N) is 1. The van der Waals surface area contributed by atoms with Gasteiger partial charge in [0.15, 0.2) is 0 Å². The van der Waals surface area contributed by atoms with Gasteiger partial charge < -0.3 is 15.0 Å². The molecule has 0 fully saturated rings. The number of ether oxygens (including phenoxy) is 1. The van der Waals surface area contributed by atoms with Crippen molar-refractivity contribution in [2.24, 2.45) is 0 Å². The fraction of sp³-hybridized carbons (Fsp3) is 0.647. The average molecular weight is 278 g/mol. The van der Waals surface area contributed by atoms with Gasteiger partial charge in [0.05, 0.1) is 27.2 Å². The summed E-state index contributed by atoms with van der Waals surface area (Å²) in [5.41, 5.74) is 3.02. The Balaban J connectivity index is 1.53. The van der Waals surface area contributed by atoms with Gasteiger partial charge in [0.25, 0.3) is 0 Å². The van der Waals surface area contributed by atoms with Gasteiger partial charge >= 0.3 is 0 Å². The van der Waals surface area contributed by atoms with Gasteiger partial charge in [-0.25, -0.2) is 0 Å². The minimum absolute atomic E-state index is 0.853. The molecular weight excluding hydrogens is 248 g/mol. The summed E-state index contributed by atoms with van der Waals surface area (Å²) in [4.78, 5) is 1.53. The van der Waals surface area contributed by atoms with Crippen molar-refractivity contribution >= 4 is 0 Å². The van der Waals surface area contributed by atoms with E-state index in [9.17, 15) is 0 Å². The molecule has 1 aromatic carbocycles. The number of quaternary nitrogens is 2. The lowest BCUT2D eigenvalue weighted by Crippen LogP contribution is -3.09. The molecule has 0 unspecified atom stereocenters. The SMILES string of the molecule is C[NH+](C)CC[NH2+]CCCCOc1ccc2c(c1)CCC2. The van der Waals surface area contributed by atoms with Crippen LogP contribution in [0.4, 0.5) is 0 Å². The van der Waals surface area contributed by atoms with Gasteiger partial charge in [-0.3, -0.25) is 0 Å². The van der Waals surface area contributed by atoms with E-state index in [0.29, 0.717) is 0 Å². The van der Waals surface area contributed by atoms with Crippen LogP contribution in [0.2, 0.25) is 0 Å². The molecule has 1 aromatic rings. The minimum Gasteiger partial charge on any atom is -0.494 e. The van der Waals surface area contributed by atoms with Crippen molar-refractivity contribution < 1.29 is 15.0 Å². The summed E-state index contributed by atoms with van der Waals surface area (Å²) in [5, 5.41) is 2.42. The first-order valence-corrected chi connectivity index (χ1v) is 8.11. The second-order valence-corrected chi connectivity index (χ2v) is 6.16. The van der Waals surface area contributed by atoms with Crippen molar-refractivity contribution in [3.63, 3.8) is 0 Å². The van der Waals surface area contributed by atoms with Crippen molar-refractivity contribution in [3.05, 3.63) is 29.3 Å². The fourth-order valence-corrected chi connectivity index (χ4v) is 2.75. The summed E-state index contributed by atoms with van der Waals surface area (Å²) >= 11 is 0. The number of likely N-dealkylation sites (N-methyl/N-ethyl adjacent to an activating group) is 1. The van der Waals surface area contributed by atoms with Crippen LogP contribution in [-0.2, 0) is 12.8 Å². The highest BCUT2D eigenvalue weighted by atomic mass is 16.5. The summed E-state index contributed by atoms with van der Waals surface area (Å²) in [5.74, 6) is 1.06. The van der Waals surface area contributed by atoms with E-state index >= 15 is 0 Å². The zero-order chi connectivity index (χ0) is 14.2. The molecule has 0 bridgehead atoms. The topological polar surface area (TPSA) is 30.3 Å². The zero-order valence-electron chi connectivity index (χ0n) is 13.1. The highest BCUT2D eigenvalue weighted by molar-refractivity contribution is 5.38. The second-order valence-electron chi connectivity index (χ2n) is 6.16. The lowest BCUT2D eigenvalue weighted by molar-refractivity contribution is -0.874. The van der Waals surface area contributed by atoms with E-state index in [1.807, 2.05) is 0 Å². The molecule has 3 N–H and O–H groups in total. The molecule has 0 aliphatic heterocycles. The number of benzene rings is 1. The van der Waals surface area contributed by atoms with E-state index in [-0.39, 0.29) is 0 Å². The van der Waals surface area contributed by atoms with E-state index in [0.717, 1.165) is 18.8 Å². The van der Waals surface area contributed by atoms with Crippen LogP contribution in [0.3, 0.4) is 0 Å². The number of hydrogen-bond acceptors (Lipinski definition) is 1.